The Kier molecular flexibility index (Phi) is 5.65. The minimum atomic E-state index is -2.33. The lowest BCUT2D eigenvalue weighted by molar-refractivity contribution is 0.0858. The first kappa shape index (κ1) is 19.8. The molecule has 126 valence electrons. The molecular weight excluding hydrogens is 327 g/mol. The van der Waals surface area contributed by atoms with E-state index in [0.29, 0.717) is 0 Å². The quantitative estimate of drug-likeness (QED) is 0.744. The van der Waals surface area contributed by atoms with Crippen molar-refractivity contribution in [3.63, 3.8) is 0 Å². The fraction of sp³-hybridized carbons (Fsp3) is 1.00. The Balaban J connectivity index is 3.34. The molecule has 21 heavy (non-hydrogen) atoms. The maximum absolute atomic E-state index is 6.90. The average Bonchev–Trinajstić information content (AvgIpc) is 2.19. The van der Waals surface area contributed by atoms with Crippen molar-refractivity contribution in [3.05, 3.63) is 0 Å². The van der Waals surface area contributed by atoms with Crippen LogP contribution in [0.5, 0.6) is 0 Å². The van der Waals surface area contributed by atoms with Crippen LogP contribution in [0.25, 0.3) is 0 Å². The lowest BCUT2D eigenvalue weighted by Gasteiger charge is -2.59. The number of nitrogens with one attached hydrogen (secondary N) is 1. The highest BCUT2D eigenvalue weighted by Gasteiger charge is 2.68. The summed E-state index contributed by atoms with van der Waals surface area (Å²) in [6.45, 7) is 25.0. The highest BCUT2D eigenvalue weighted by Crippen LogP contribution is 2.44. The SMILES string of the molecule is CCCN[Si]1(O[Si](C)(C)C)OC(C)(C)C[Si](C)(C)[Si]1(C)C. The second-order valence-electron chi connectivity index (χ2n) is 9.31. The minimum absolute atomic E-state index is 0.0368. The van der Waals surface area contributed by atoms with Gasteiger partial charge >= 0.3 is 8.24 Å². The van der Waals surface area contributed by atoms with Gasteiger partial charge in [0.05, 0.1) is 5.60 Å². The van der Waals surface area contributed by atoms with E-state index in [1.165, 1.54) is 6.04 Å². The molecule has 1 unspecified atom stereocenters. The van der Waals surface area contributed by atoms with E-state index in [2.05, 4.69) is 71.6 Å². The molecule has 0 aliphatic carbocycles. The van der Waals surface area contributed by atoms with Crippen molar-refractivity contribution in [3.8, 4) is 0 Å². The Bertz CT molecular complexity index is 376. The molecule has 1 N–H and O–H groups in total. The van der Waals surface area contributed by atoms with E-state index in [0.717, 1.165) is 13.0 Å². The number of rotatable bonds is 5. The fourth-order valence-electron chi connectivity index (χ4n) is 3.45. The van der Waals surface area contributed by atoms with Gasteiger partial charge < -0.3 is 8.54 Å². The molecule has 7 heteroatoms. The van der Waals surface area contributed by atoms with E-state index < -0.39 is 31.3 Å². The molecule has 0 bridgehead atoms. The molecule has 0 aromatic carbocycles. The van der Waals surface area contributed by atoms with Crippen LogP contribution in [-0.4, -0.2) is 43.4 Å². The second kappa shape index (κ2) is 5.99. The van der Waals surface area contributed by atoms with Crippen molar-refractivity contribution in [2.75, 3.05) is 6.54 Å². The van der Waals surface area contributed by atoms with Crippen LogP contribution >= 0.6 is 0 Å². The van der Waals surface area contributed by atoms with Crippen molar-refractivity contribution >= 4 is 31.3 Å². The molecule has 1 atom stereocenters. The summed E-state index contributed by atoms with van der Waals surface area (Å²) >= 11 is 0. The van der Waals surface area contributed by atoms with Crippen molar-refractivity contribution in [2.45, 2.75) is 84.7 Å². The molecule has 3 nitrogen and oxygen atoms in total. The minimum Gasteiger partial charge on any atom is -0.428 e. The molecular formula is C14H37NO2Si4. The lowest BCUT2D eigenvalue weighted by atomic mass is 10.2. The molecule has 0 amide bonds. The van der Waals surface area contributed by atoms with Gasteiger partial charge in [-0.05, 0) is 52.5 Å². The Morgan fingerprint density at radius 1 is 1.14 bits per heavy atom. The van der Waals surface area contributed by atoms with Crippen LogP contribution in [0.2, 0.25) is 51.9 Å². The summed E-state index contributed by atoms with van der Waals surface area (Å²) in [6.07, 6.45) is 1.14. The normalized spacial score (nSPS) is 31.1. The van der Waals surface area contributed by atoms with E-state index in [1.807, 2.05) is 0 Å². The highest BCUT2D eigenvalue weighted by molar-refractivity contribution is 7.66. The van der Waals surface area contributed by atoms with Crippen molar-refractivity contribution in [2.24, 2.45) is 0 Å². The van der Waals surface area contributed by atoms with E-state index in [-0.39, 0.29) is 5.60 Å². The van der Waals surface area contributed by atoms with Gasteiger partial charge in [0.1, 0.15) is 7.11 Å². The van der Waals surface area contributed by atoms with Crippen molar-refractivity contribution in [1.29, 1.82) is 0 Å². The topological polar surface area (TPSA) is 30.5 Å². The zero-order valence-electron chi connectivity index (χ0n) is 15.9. The van der Waals surface area contributed by atoms with Gasteiger partial charge in [-0.1, -0.05) is 33.1 Å². The summed E-state index contributed by atoms with van der Waals surface area (Å²) in [6, 6.07) is 1.26. The second-order valence-corrected chi connectivity index (χ2v) is 38.5. The smallest absolute Gasteiger partial charge is 0.385 e. The third kappa shape index (κ3) is 4.18. The first-order chi connectivity index (χ1) is 9.18. The summed E-state index contributed by atoms with van der Waals surface area (Å²) in [5.74, 6) is 0. The maximum atomic E-state index is 6.90. The molecule has 0 radical (unpaired) electrons. The first-order valence-corrected chi connectivity index (χ1v) is 21.8. The monoisotopic (exact) mass is 363 g/mol. The summed E-state index contributed by atoms with van der Waals surface area (Å²) in [5, 5.41) is 0. The highest BCUT2D eigenvalue weighted by atomic mass is 29.7. The summed E-state index contributed by atoms with van der Waals surface area (Å²) < 4.78 is 13.7. The van der Waals surface area contributed by atoms with Crippen LogP contribution in [0.3, 0.4) is 0 Å². The van der Waals surface area contributed by atoms with Crippen LogP contribution in [0, 0.1) is 0 Å². The Morgan fingerprint density at radius 3 is 2.10 bits per heavy atom. The van der Waals surface area contributed by atoms with Crippen LogP contribution in [0.15, 0.2) is 0 Å². The molecule has 0 aromatic heterocycles. The Hall–Kier alpha value is 0.748. The van der Waals surface area contributed by atoms with Crippen LogP contribution in [0.4, 0.5) is 0 Å². The summed E-state index contributed by atoms with van der Waals surface area (Å²) in [5.41, 5.74) is -0.0368. The van der Waals surface area contributed by atoms with Gasteiger partial charge in [-0.25, -0.2) is 0 Å². The standard InChI is InChI=1S/C14H37NO2Si4/c1-11-12-15-21(17-18(4,5)6)16-14(2,3)13-19(7,8)20(21,9)10/h15H,11-13H2,1-10H3. The molecule has 1 fully saturated rings. The van der Waals surface area contributed by atoms with Crippen molar-refractivity contribution in [1.82, 2.24) is 4.98 Å². The van der Waals surface area contributed by atoms with Gasteiger partial charge in [0.25, 0.3) is 0 Å². The number of hydrogen-bond donors (Lipinski definition) is 1. The fourth-order valence-corrected chi connectivity index (χ4v) is 39.3. The first-order valence-electron chi connectivity index (χ1n) is 8.33. The van der Waals surface area contributed by atoms with Crippen LogP contribution in [0.1, 0.15) is 27.2 Å². The third-order valence-corrected chi connectivity index (χ3v) is 43.2. The predicted octanol–water partition coefficient (Wildman–Crippen LogP) is 4.16. The van der Waals surface area contributed by atoms with Gasteiger partial charge in [-0.2, -0.15) is 0 Å². The summed E-state index contributed by atoms with van der Waals surface area (Å²) in [4.78, 5) is 3.87. The zero-order chi connectivity index (χ0) is 16.7. The zero-order valence-corrected chi connectivity index (χ0v) is 19.9. The molecule has 0 spiro atoms. The molecule has 1 heterocycles. The predicted molar refractivity (Wildman–Crippen MR) is 103 cm³/mol. The van der Waals surface area contributed by atoms with Crippen molar-refractivity contribution < 1.29 is 8.54 Å². The molecule has 0 saturated carbocycles. The Morgan fingerprint density at radius 2 is 1.67 bits per heavy atom. The number of hydrogen-bond acceptors (Lipinski definition) is 3. The van der Waals surface area contributed by atoms with Gasteiger partial charge in [0.2, 0.25) is 0 Å². The third-order valence-electron chi connectivity index (χ3n) is 4.86. The van der Waals surface area contributed by atoms with Gasteiger partial charge in [0.15, 0.2) is 8.32 Å². The Labute approximate surface area is 136 Å². The molecule has 0 aromatic rings. The largest absolute Gasteiger partial charge is 0.428 e. The van der Waals surface area contributed by atoms with Crippen LogP contribution < -0.4 is 4.98 Å². The van der Waals surface area contributed by atoms with E-state index in [9.17, 15) is 0 Å². The summed E-state index contributed by atoms with van der Waals surface area (Å²) in [7, 11) is -6.88. The molecule has 1 rings (SSSR count). The van der Waals surface area contributed by atoms with E-state index in [1.54, 1.807) is 0 Å². The van der Waals surface area contributed by atoms with E-state index >= 15 is 0 Å². The lowest BCUT2D eigenvalue weighted by Crippen LogP contribution is -2.87. The van der Waals surface area contributed by atoms with Gasteiger partial charge in [-0.3, -0.25) is 4.98 Å². The van der Waals surface area contributed by atoms with Gasteiger partial charge in [-0.15, -0.1) is 0 Å². The molecule has 1 saturated heterocycles. The van der Waals surface area contributed by atoms with Crippen LogP contribution in [-0.2, 0) is 8.54 Å². The maximum Gasteiger partial charge on any atom is 0.385 e. The molecule has 1 aliphatic rings. The average molecular weight is 364 g/mol. The van der Waals surface area contributed by atoms with E-state index in [4.69, 9.17) is 8.54 Å². The molecule has 1 aliphatic heterocycles. The van der Waals surface area contributed by atoms with Gasteiger partial charge in [0, 0.05) is 7.59 Å².